The minimum Gasteiger partial charge on any atom is -0.374 e. The quantitative estimate of drug-likeness (QED) is 0.694. The first-order valence-electron chi connectivity index (χ1n) is 4.22. The predicted octanol–water partition coefficient (Wildman–Crippen LogP) is 2.47. The van der Waals surface area contributed by atoms with E-state index < -0.39 is 0 Å². The highest BCUT2D eigenvalue weighted by Gasteiger charge is 2.20. The predicted molar refractivity (Wildman–Crippen MR) is 56.4 cm³/mol. The molecule has 1 aliphatic heterocycles. The number of hydrogen-bond donors (Lipinski definition) is 0. The van der Waals surface area contributed by atoms with Gasteiger partial charge in [0.05, 0.1) is 0 Å². The van der Waals surface area contributed by atoms with Crippen LogP contribution in [0.1, 0.15) is 16.8 Å². The molecule has 0 unspecified atom stereocenters. The summed E-state index contributed by atoms with van der Waals surface area (Å²) in [6.07, 6.45) is 0.630. The van der Waals surface area contributed by atoms with Gasteiger partial charge in [-0.25, -0.2) is 0 Å². The molecule has 0 atom stereocenters. The van der Waals surface area contributed by atoms with Crippen LogP contribution in [0, 0.1) is 0 Å². The Balaban J connectivity index is 2.57. The van der Waals surface area contributed by atoms with Gasteiger partial charge in [0, 0.05) is 35.7 Å². The zero-order valence-electron chi connectivity index (χ0n) is 7.38. The Labute approximate surface area is 85.7 Å². The van der Waals surface area contributed by atoms with E-state index in [1.54, 1.807) is 0 Å². The Bertz CT molecular complexity index is 362. The Kier molecular flexibility index (Phi) is 2.12. The summed E-state index contributed by atoms with van der Waals surface area (Å²) in [4.78, 5) is 13.6. The summed E-state index contributed by atoms with van der Waals surface area (Å²) in [6, 6.07) is 5.79. The number of halogens is 1. The molecular formula is C10H10BrNO. The fourth-order valence-corrected chi connectivity index (χ4v) is 1.93. The number of fused-ring (bicyclic) bond motifs is 1. The lowest BCUT2D eigenvalue weighted by Crippen LogP contribution is -2.28. The highest BCUT2D eigenvalue weighted by Crippen LogP contribution is 2.28. The molecule has 1 aromatic rings. The number of benzene rings is 1. The summed E-state index contributed by atoms with van der Waals surface area (Å²) in [6.45, 7) is 0.822. The van der Waals surface area contributed by atoms with Crippen molar-refractivity contribution < 1.29 is 4.79 Å². The second-order valence-electron chi connectivity index (χ2n) is 3.26. The van der Waals surface area contributed by atoms with Crippen molar-refractivity contribution in [1.82, 2.24) is 0 Å². The molecule has 13 heavy (non-hydrogen) atoms. The van der Waals surface area contributed by atoms with Crippen LogP contribution in [0.3, 0.4) is 0 Å². The first-order chi connectivity index (χ1) is 6.18. The number of ketones is 1. The van der Waals surface area contributed by atoms with E-state index in [-0.39, 0.29) is 5.78 Å². The van der Waals surface area contributed by atoms with Crippen molar-refractivity contribution in [3.05, 3.63) is 28.2 Å². The summed E-state index contributed by atoms with van der Waals surface area (Å²) in [5.41, 5.74) is 1.88. The van der Waals surface area contributed by atoms with Crippen molar-refractivity contribution in [2.45, 2.75) is 6.42 Å². The average molecular weight is 240 g/mol. The van der Waals surface area contributed by atoms with Crippen LogP contribution in [0.25, 0.3) is 0 Å². The van der Waals surface area contributed by atoms with Crippen LogP contribution in [0.5, 0.6) is 0 Å². The molecule has 2 nitrogen and oxygen atoms in total. The zero-order valence-corrected chi connectivity index (χ0v) is 8.97. The SMILES string of the molecule is CN1CCC(=O)c2ccc(Br)cc21. The smallest absolute Gasteiger partial charge is 0.166 e. The first-order valence-corrected chi connectivity index (χ1v) is 5.01. The maximum atomic E-state index is 11.5. The van der Waals surface area contributed by atoms with Crippen LogP contribution in [-0.4, -0.2) is 19.4 Å². The monoisotopic (exact) mass is 239 g/mol. The molecule has 0 amide bonds. The summed E-state index contributed by atoms with van der Waals surface area (Å²) in [7, 11) is 2.01. The minimum absolute atomic E-state index is 0.251. The number of hydrogen-bond acceptors (Lipinski definition) is 2. The molecule has 0 spiro atoms. The molecule has 2 rings (SSSR count). The largest absolute Gasteiger partial charge is 0.374 e. The molecule has 0 N–H and O–H groups in total. The van der Waals surface area contributed by atoms with Crippen molar-refractivity contribution in [3.63, 3.8) is 0 Å². The summed E-state index contributed by atoms with van der Waals surface area (Å²) < 4.78 is 1.02. The Morgan fingerprint density at radius 1 is 1.46 bits per heavy atom. The maximum Gasteiger partial charge on any atom is 0.166 e. The van der Waals surface area contributed by atoms with Gasteiger partial charge in [0.1, 0.15) is 0 Å². The topological polar surface area (TPSA) is 20.3 Å². The van der Waals surface area contributed by atoms with E-state index >= 15 is 0 Å². The van der Waals surface area contributed by atoms with Gasteiger partial charge in [0.15, 0.2) is 5.78 Å². The third-order valence-corrected chi connectivity index (χ3v) is 2.84. The number of anilines is 1. The van der Waals surface area contributed by atoms with Gasteiger partial charge in [-0.05, 0) is 18.2 Å². The highest BCUT2D eigenvalue weighted by atomic mass is 79.9. The Morgan fingerprint density at radius 2 is 2.23 bits per heavy atom. The Hall–Kier alpha value is -0.830. The van der Waals surface area contributed by atoms with Gasteiger partial charge < -0.3 is 4.90 Å². The number of carbonyl (C=O) groups is 1. The number of nitrogens with zero attached hydrogens (tertiary/aromatic N) is 1. The van der Waals surface area contributed by atoms with Gasteiger partial charge in [0.2, 0.25) is 0 Å². The van der Waals surface area contributed by atoms with Crippen molar-refractivity contribution in [2.24, 2.45) is 0 Å². The van der Waals surface area contributed by atoms with E-state index in [1.165, 1.54) is 0 Å². The van der Waals surface area contributed by atoms with E-state index in [1.807, 2.05) is 25.2 Å². The van der Waals surface area contributed by atoms with Gasteiger partial charge in [-0.1, -0.05) is 15.9 Å². The molecule has 1 aliphatic rings. The van der Waals surface area contributed by atoms with Gasteiger partial charge >= 0.3 is 0 Å². The molecule has 0 aliphatic carbocycles. The molecule has 0 bridgehead atoms. The molecular weight excluding hydrogens is 230 g/mol. The van der Waals surface area contributed by atoms with Crippen LogP contribution < -0.4 is 4.90 Å². The standard InChI is InChI=1S/C10H10BrNO/c1-12-5-4-10(13)8-3-2-7(11)6-9(8)12/h2-3,6H,4-5H2,1H3. The van der Waals surface area contributed by atoms with Gasteiger partial charge in [-0.3, -0.25) is 4.79 Å². The third kappa shape index (κ3) is 1.48. The lowest BCUT2D eigenvalue weighted by molar-refractivity contribution is 0.0980. The van der Waals surface area contributed by atoms with Crippen LogP contribution >= 0.6 is 15.9 Å². The van der Waals surface area contributed by atoms with Crippen molar-refractivity contribution >= 4 is 27.4 Å². The van der Waals surface area contributed by atoms with E-state index in [2.05, 4.69) is 20.8 Å². The lowest BCUT2D eigenvalue weighted by Gasteiger charge is -2.26. The van der Waals surface area contributed by atoms with E-state index in [0.29, 0.717) is 6.42 Å². The summed E-state index contributed by atoms with van der Waals surface area (Å²) >= 11 is 3.40. The van der Waals surface area contributed by atoms with Gasteiger partial charge in [-0.2, -0.15) is 0 Å². The fourth-order valence-electron chi connectivity index (χ4n) is 1.58. The average Bonchev–Trinajstić information content (AvgIpc) is 2.12. The molecule has 0 saturated heterocycles. The van der Waals surface area contributed by atoms with E-state index in [4.69, 9.17) is 0 Å². The van der Waals surface area contributed by atoms with Crippen LogP contribution in [0.2, 0.25) is 0 Å². The Morgan fingerprint density at radius 3 is 3.00 bits per heavy atom. The zero-order chi connectivity index (χ0) is 9.42. The van der Waals surface area contributed by atoms with Crippen LogP contribution in [0.15, 0.2) is 22.7 Å². The highest BCUT2D eigenvalue weighted by molar-refractivity contribution is 9.10. The summed E-state index contributed by atoms with van der Waals surface area (Å²) in [5.74, 6) is 0.251. The normalized spacial score (nSPS) is 15.8. The molecule has 1 aromatic carbocycles. The minimum atomic E-state index is 0.251. The lowest BCUT2D eigenvalue weighted by atomic mass is 10.0. The van der Waals surface area contributed by atoms with E-state index in [9.17, 15) is 4.79 Å². The van der Waals surface area contributed by atoms with Gasteiger partial charge in [-0.15, -0.1) is 0 Å². The van der Waals surface area contributed by atoms with Crippen molar-refractivity contribution in [2.75, 3.05) is 18.5 Å². The number of carbonyl (C=O) groups excluding carboxylic acids is 1. The molecule has 0 aromatic heterocycles. The summed E-state index contributed by atoms with van der Waals surface area (Å²) in [5, 5.41) is 0. The molecule has 0 saturated carbocycles. The van der Waals surface area contributed by atoms with Crippen LogP contribution in [-0.2, 0) is 0 Å². The molecule has 0 radical (unpaired) electrons. The van der Waals surface area contributed by atoms with E-state index in [0.717, 1.165) is 22.3 Å². The maximum absolute atomic E-state index is 11.5. The molecule has 3 heteroatoms. The number of rotatable bonds is 0. The van der Waals surface area contributed by atoms with Crippen molar-refractivity contribution in [1.29, 1.82) is 0 Å². The first kappa shape index (κ1) is 8.75. The molecule has 1 heterocycles. The third-order valence-electron chi connectivity index (χ3n) is 2.35. The molecule has 68 valence electrons. The number of Topliss-reactive ketones (excluding diaryl/α,β-unsaturated/α-hetero) is 1. The second kappa shape index (κ2) is 3.14. The van der Waals surface area contributed by atoms with Gasteiger partial charge in [0.25, 0.3) is 0 Å². The van der Waals surface area contributed by atoms with Crippen LogP contribution in [0.4, 0.5) is 5.69 Å². The fraction of sp³-hybridized carbons (Fsp3) is 0.300. The molecule has 0 fully saturated rings. The second-order valence-corrected chi connectivity index (χ2v) is 4.17. The van der Waals surface area contributed by atoms with Crippen molar-refractivity contribution in [3.8, 4) is 0 Å².